The van der Waals surface area contributed by atoms with E-state index in [0.29, 0.717) is 5.56 Å². The fraction of sp³-hybridized carbons (Fsp3) is 0.211. The van der Waals surface area contributed by atoms with Crippen LogP contribution in [0.2, 0.25) is 0 Å². The van der Waals surface area contributed by atoms with E-state index in [1.54, 1.807) is 12.1 Å². The van der Waals surface area contributed by atoms with Crippen molar-refractivity contribution in [3.63, 3.8) is 0 Å². The molecule has 1 amide bonds. The van der Waals surface area contributed by atoms with E-state index in [1.165, 1.54) is 36.4 Å². The molecule has 2 aromatic carbocycles. The van der Waals surface area contributed by atoms with Crippen LogP contribution in [0, 0.1) is 17.0 Å². The summed E-state index contributed by atoms with van der Waals surface area (Å²) in [4.78, 5) is 26.9. The molecule has 1 aliphatic heterocycles. The Morgan fingerprint density at radius 3 is 2.43 bits per heavy atom. The van der Waals surface area contributed by atoms with Crippen LogP contribution in [0.1, 0.15) is 30.3 Å². The number of rotatable bonds is 5. The van der Waals surface area contributed by atoms with Crippen molar-refractivity contribution in [2.24, 2.45) is 0 Å². The summed E-state index contributed by atoms with van der Waals surface area (Å²) < 4.78 is 32.2. The van der Waals surface area contributed by atoms with Crippen molar-refractivity contribution in [2.45, 2.75) is 30.7 Å². The molecule has 2 heterocycles. The zero-order chi connectivity index (χ0) is 21.5. The van der Waals surface area contributed by atoms with Crippen LogP contribution in [0.25, 0.3) is 11.4 Å². The highest BCUT2D eigenvalue weighted by atomic mass is 32.2. The Morgan fingerprint density at radius 1 is 1.13 bits per heavy atom. The van der Waals surface area contributed by atoms with Crippen molar-refractivity contribution in [3.8, 4) is 11.4 Å². The number of aromatic nitrogens is 2. The number of nitro groups is 1. The molecule has 30 heavy (non-hydrogen) atoms. The SMILES string of the molecule is Cc1ccc(S(=O)(=O)N2C(=O)CC[C@@H]2c2nc(-c3ccc([N+](=O)[O-])cc3)no2)cc1. The minimum Gasteiger partial charge on any atom is -0.337 e. The van der Waals surface area contributed by atoms with E-state index in [0.717, 1.165) is 9.87 Å². The fourth-order valence-electron chi connectivity index (χ4n) is 3.23. The maximum Gasteiger partial charge on any atom is 0.269 e. The van der Waals surface area contributed by atoms with Crippen LogP contribution in [0.4, 0.5) is 5.69 Å². The van der Waals surface area contributed by atoms with E-state index >= 15 is 0 Å². The lowest BCUT2D eigenvalue weighted by molar-refractivity contribution is -0.384. The van der Waals surface area contributed by atoms with Crippen molar-refractivity contribution in [2.75, 3.05) is 0 Å². The number of nitrogens with zero attached hydrogens (tertiary/aromatic N) is 4. The molecule has 10 nitrogen and oxygen atoms in total. The second kappa shape index (κ2) is 7.34. The van der Waals surface area contributed by atoms with Gasteiger partial charge in [-0.1, -0.05) is 22.9 Å². The van der Waals surface area contributed by atoms with Gasteiger partial charge in [0.2, 0.25) is 11.7 Å². The van der Waals surface area contributed by atoms with Gasteiger partial charge in [-0.05, 0) is 37.6 Å². The second-order valence-electron chi connectivity index (χ2n) is 6.82. The number of benzene rings is 2. The van der Waals surface area contributed by atoms with Crippen LogP contribution in [-0.2, 0) is 14.8 Å². The third kappa shape index (κ3) is 3.43. The summed E-state index contributed by atoms with van der Waals surface area (Å²) in [7, 11) is -4.09. The number of carbonyl (C=O) groups is 1. The molecule has 154 valence electrons. The maximum atomic E-state index is 13.1. The highest BCUT2D eigenvalue weighted by Gasteiger charge is 2.44. The summed E-state index contributed by atoms with van der Waals surface area (Å²) in [6.45, 7) is 1.83. The van der Waals surface area contributed by atoms with Gasteiger partial charge in [-0.2, -0.15) is 4.98 Å². The molecule has 0 aliphatic carbocycles. The lowest BCUT2D eigenvalue weighted by Gasteiger charge is -2.21. The molecule has 11 heteroatoms. The van der Waals surface area contributed by atoms with E-state index < -0.39 is 26.9 Å². The summed E-state index contributed by atoms with van der Waals surface area (Å²) in [6, 6.07) is 10.8. The Bertz CT molecular complexity index is 1220. The van der Waals surface area contributed by atoms with E-state index in [-0.39, 0.29) is 35.1 Å². The third-order valence-electron chi connectivity index (χ3n) is 4.80. The summed E-state index contributed by atoms with van der Waals surface area (Å²) in [5.74, 6) is -0.410. The molecule has 0 bridgehead atoms. The fourth-order valence-corrected chi connectivity index (χ4v) is 4.83. The first kappa shape index (κ1) is 19.7. The second-order valence-corrected chi connectivity index (χ2v) is 8.64. The molecule has 0 unspecified atom stereocenters. The van der Waals surface area contributed by atoms with Crippen LogP contribution >= 0.6 is 0 Å². The normalized spacial score (nSPS) is 16.8. The summed E-state index contributed by atoms with van der Waals surface area (Å²) >= 11 is 0. The van der Waals surface area contributed by atoms with Gasteiger partial charge in [0.15, 0.2) is 0 Å². The lowest BCUT2D eigenvalue weighted by atomic mass is 10.2. The van der Waals surface area contributed by atoms with Gasteiger partial charge in [-0.15, -0.1) is 0 Å². The van der Waals surface area contributed by atoms with Crippen molar-refractivity contribution >= 4 is 21.6 Å². The minimum absolute atomic E-state index is 0.00320. The first-order valence-electron chi connectivity index (χ1n) is 9.00. The van der Waals surface area contributed by atoms with Gasteiger partial charge in [0.1, 0.15) is 6.04 Å². The highest BCUT2D eigenvalue weighted by molar-refractivity contribution is 7.89. The van der Waals surface area contributed by atoms with E-state index in [1.807, 2.05) is 6.92 Å². The third-order valence-corrected chi connectivity index (χ3v) is 6.65. The predicted octanol–water partition coefficient (Wildman–Crippen LogP) is 3.01. The monoisotopic (exact) mass is 428 g/mol. The average molecular weight is 428 g/mol. The Hall–Kier alpha value is -3.60. The Morgan fingerprint density at radius 2 is 1.80 bits per heavy atom. The summed E-state index contributed by atoms with van der Waals surface area (Å²) in [5.41, 5.74) is 1.27. The zero-order valence-electron chi connectivity index (χ0n) is 15.8. The van der Waals surface area contributed by atoms with Gasteiger partial charge < -0.3 is 4.52 Å². The van der Waals surface area contributed by atoms with Gasteiger partial charge in [0.25, 0.3) is 21.6 Å². The van der Waals surface area contributed by atoms with Crippen molar-refractivity contribution in [3.05, 3.63) is 70.1 Å². The number of aryl methyl sites for hydroxylation is 1. The average Bonchev–Trinajstić information content (AvgIpc) is 3.35. The van der Waals surface area contributed by atoms with Crippen LogP contribution in [0.15, 0.2) is 57.9 Å². The molecule has 0 spiro atoms. The van der Waals surface area contributed by atoms with Crippen molar-refractivity contribution in [1.82, 2.24) is 14.4 Å². The van der Waals surface area contributed by atoms with Crippen molar-refractivity contribution < 1.29 is 22.7 Å². The molecule has 0 radical (unpaired) electrons. The quantitative estimate of drug-likeness (QED) is 0.447. The van der Waals surface area contributed by atoms with Crippen LogP contribution < -0.4 is 0 Å². The standard InChI is InChI=1S/C19H16N4O6S/c1-12-2-8-15(9-3-12)30(27,28)22-16(10-11-17(22)24)19-20-18(21-29-19)13-4-6-14(7-5-13)23(25)26/h2-9,16H,10-11H2,1H3/t16-/m1/s1. The molecule has 1 atom stereocenters. The minimum atomic E-state index is -4.09. The predicted molar refractivity (Wildman–Crippen MR) is 104 cm³/mol. The van der Waals surface area contributed by atoms with Gasteiger partial charge in [-0.3, -0.25) is 14.9 Å². The number of hydrogen-bond acceptors (Lipinski definition) is 8. The number of nitro benzene ring substituents is 1. The first-order chi connectivity index (χ1) is 14.3. The zero-order valence-corrected chi connectivity index (χ0v) is 16.6. The van der Waals surface area contributed by atoms with Gasteiger partial charge >= 0.3 is 0 Å². The molecule has 1 fully saturated rings. The summed E-state index contributed by atoms with van der Waals surface area (Å²) in [6.07, 6.45) is 0.247. The molecule has 0 N–H and O–H groups in total. The Labute approximate surface area is 171 Å². The largest absolute Gasteiger partial charge is 0.337 e. The molecule has 3 aromatic rings. The Kier molecular flexibility index (Phi) is 4.82. The molecule has 1 saturated heterocycles. The molecule has 0 saturated carbocycles. The summed E-state index contributed by atoms with van der Waals surface area (Å²) in [5, 5.41) is 14.6. The smallest absolute Gasteiger partial charge is 0.269 e. The maximum absolute atomic E-state index is 13.1. The lowest BCUT2D eigenvalue weighted by Crippen LogP contribution is -2.34. The van der Waals surface area contributed by atoms with E-state index in [2.05, 4.69) is 10.1 Å². The molecule has 4 rings (SSSR count). The molecular formula is C19H16N4O6S. The molecule has 1 aromatic heterocycles. The van der Waals surface area contributed by atoms with Gasteiger partial charge in [-0.25, -0.2) is 12.7 Å². The van der Waals surface area contributed by atoms with E-state index in [4.69, 9.17) is 4.52 Å². The number of hydrogen-bond donors (Lipinski definition) is 0. The number of carbonyl (C=O) groups excluding carboxylic acids is 1. The molecular weight excluding hydrogens is 412 g/mol. The van der Waals surface area contributed by atoms with E-state index in [9.17, 15) is 23.3 Å². The van der Waals surface area contributed by atoms with Crippen molar-refractivity contribution in [1.29, 1.82) is 0 Å². The number of non-ortho nitro benzene ring substituents is 1. The number of amides is 1. The first-order valence-corrected chi connectivity index (χ1v) is 10.4. The molecule has 1 aliphatic rings. The number of sulfonamides is 1. The van der Waals surface area contributed by atoms with Gasteiger partial charge in [0.05, 0.1) is 9.82 Å². The van der Waals surface area contributed by atoms with Crippen LogP contribution in [-0.4, -0.2) is 33.7 Å². The Balaban J connectivity index is 1.66. The van der Waals surface area contributed by atoms with Crippen LogP contribution in [0.5, 0.6) is 0 Å². The van der Waals surface area contributed by atoms with Crippen LogP contribution in [0.3, 0.4) is 0 Å². The van der Waals surface area contributed by atoms with Gasteiger partial charge in [0, 0.05) is 24.1 Å². The highest BCUT2D eigenvalue weighted by Crippen LogP contribution is 2.37. The topological polar surface area (TPSA) is 137 Å².